The van der Waals surface area contributed by atoms with Crippen molar-refractivity contribution >= 4 is 15.7 Å². The van der Waals surface area contributed by atoms with E-state index in [9.17, 15) is 8.42 Å². The molecule has 0 radical (unpaired) electrons. The van der Waals surface area contributed by atoms with Crippen LogP contribution in [0.4, 0.5) is 5.69 Å². The number of piperazine rings is 1. The fraction of sp³-hybridized carbons (Fsp3) is 0.625. The molecule has 1 aromatic rings. The number of nitrogens with two attached hydrogens (primary N) is 1. The molecule has 1 atom stereocenters. The molecule has 124 valence electrons. The normalized spacial score (nSPS) is 21.4. The monoisotopic (exact) mass is 325 g/mol. The van der Waals surface area contributed by atoms with Gasteiger partial charge in [0.25, 0.3) is 0 Å². The summed E-state index contributed by atoms with van der Waals surface area (Å²) in [6.45, 7) is 10.4. The number of nitrogens with zero attached hydrogens (tertiary/aromatic N) is 2. The fourth-order valence-corrected chi connectivity index (χ4v) is 4.20. The maximum Gasteiger partial charge on any atom is 0.216 e. The van der Waals surface area contributed by atoms with E-state index in [0.717, 1.165) is 18.8 Å². The molecule has 0 saturated carbocycles. The van der Waals surface area contributed by atoms with Crippen LogP contribution >= 0.6 is 0 Å². The first-order valence-electron chi connectivity index (χ1n) is 7.80. The third kappa shape index (κ3) is 3.62. The molecule has 2 rings (SSSR count). The fourth-order valence-electron chi connectivity index (χ4n) is 2.84. The molecule has 1 aliphatic heterocycles. The van der Waals surface area contributed by atoms with Gasteiger partial charge in [0.05, 0.1) is 5.25 Å². The van der Waals surface area contributed by atoms with E-state index in [1.165, 1.54) is 11.1 Å². The van der Waals surface area contributed by atoms with Crippen LogP contribution in [-0.2, 0) is 16.6 Å². The highest BCUT2D eigenvalue weighted by Gasteiger charge is 2.32. The second-order valence-corrected chi connectivity index (χ2v) is 8.95. The lowest BCUT2D eigenvalue weighted by Crippen LogP contribution is -2.54. The minimum Gasteiger partial charge on any atom is -0.399 e. The molecule has 0 aromatic heterocycles. The van der Waals surface area contributed by atoms with E-state index in [1.54, 1.807) is 18.2 Å². The highest BCUT2D eigenvalue weighted by atomic mass is 32.2. The highest BCUT2D eigenvalue weighted by molar-refractivity contribution is 7.89. The van der Waals surface area contributed by atoms with Gasteiger partial charge in [0, 0.05) is 37.9 Å². The van der Waals surface area contributed by atoms with Gasteiger partial charge in [0.1, 0.15) is 0 Å². The number of rotatable bonds is 4. The molecule has 5 nitrogen and oxygen atoms in total. The molecule has 2 N–H and O–H groups in total. The maximum absolute atomic E-state index is 12.3. The average molecular weight is 325 g/mol. The van der Waals surface area contributed by atoms with E-state index in [0.29, 0.717) is 13.1 Å². The lowest BCUT2D eigenvalue weighted by molar-refractivity contribution is 0.121. The zero-order chi connectivity index (χ0) is 16.5. The van der Waals surface area contributed by atoms with Crippen molar-refractivity contribution < 1.29 is 8.42 Å². The number of benzene rings is 1. The first kappa shape index (κ1) is 17.2. The third-order valence-corrected chi connectivity index (χ3v) is 6.67. The summed E-state index contributed by atoms with van der Waals surface area (Å²) in [5.74, 6) is 0. The van der Waals surface area contributed by atoms with Crippen LogP contribution in [0.5, 0.6) is 0 Å². The molecular weight excluding hydrogens is 298 g/mol. The number of aryl methyl sites for hydroxylation is 1. The summed E-state index contributed by atoms with van der Waals surface area (Å²) in [7, 11) is -3.15. The number of anilines is 1. The molecule has 1 saturated heterocycles. The second kappa shape index (κ2) is 6.56. The van der Waals surface area contributed by atoms with Crippen molar-refractivity contribution in [3.63, 3.8) is 0 Å². The Morgan fingerprint density at radius 1 is 1.32 bits per heavy atom. The Bertz CT molecular complexity index is 628. The zero-order valence-electron chi connectivity index (χ0n) is 13.9. The SMILES string of the molecule is Cc1cc(N)ccc1CN1CCN(S(=O)(=O)C(C)C)C[C@@H]1C. The van der Waals surface area contributed by atoms with Crippen LogP contribution in [-0.4, -0.2) is 48.5 Å². The number of nitrogen functional groups attached to an aromatic ring is 1. The molecule has 0 spiro atoms. The minimum absolute atomic E-state index is 0.208. The largest absolute Gasteiger partial charge is 0.399 e. The number of hydrogen-bond donors (Lipinski definition) is 1. The van der Waals surface area contributed by atoms with E-state index in [2.05, 4.69) is 24.8 Å². The Morgan fingerprint density at radius 2 is 2.00 bits per heavy atom. The molecule has 1 heterocycles. The summed E-state index contributed by atoms with van der Waals surface area (Å²) >= 11 is 0. The Labute approximate surface area is 134 Å². The van der Waals surface area contributed by atoms with Gasteiger partial charge in [0.2, 0.25) is 10.0 Å². The molecule has 6 heteroatoms. The van der Waals surface area contributed by atoms with Gasteiger partial charge in [-0.1, -0.05) is 6.07 Å². The smallest absolute Gasteiger partial charge is 0.216 e. The van der Waals surface area contributed by atoms with Crippen molar-refractivity contribution in [1.82, 2.24) is 9.21 Å². The van der Waals surface area contributed by atoms with E-state index >= 15 is 0 Å². The number of sulfonamides is 1. The Morgan fingerprint density at radius 3 is 2.55 bits per heavy atom. The van der Waals surface area contributed by atoms with Gasteiger partial charge in [-0.3, -0.25) is 4.90 Å². The van der Waals surface area contributed by atoms with Gasteiger partial charge in [-0.25, -0.2) is 8.42 Å². The van der Waals surface area contributed by atoms with Crippen LogP contribution in [0, 0.1) is 6.92 Å². The van der Waals surface area contributed by atoms with Crippen molar-refractivity contribution in [3.05, 3.63) is 29.3 Å². The summed E-state index contributed by atoms with van der Waals surface area (Å²) in [6.07, 6.45) is 0. The van der Waals surface area contributed by atoms with Crippen LogP contribution in [0.2, 0.25) is 0 Å². The molecule has 22 heavy (non-hydrogen) atoms. The first-order chi connectivity index (χ1) is 10.2. The second-order valence-electron chi connectivity index (χ2n) is 6.46. The van der Waals surface area contributed by atoms with E-state index in [4.69, 9.17) is 5.73 Å². The Hall–Kier alpha value is -1.11. The van der Waals surface area contributed by atoms with Crippen LogP contribution in [0.3, 0.4) is 0 Å². The zero-order valence-corrected chi connectivity index (χ0v) is 14.7. The molecule has 1 aliphatic rings. The van der Waals surface area contributed by atoms with Crippen LogP contribution in [0.1, 0.15) is 31.9 Å². The van der Waals surface area contributed by atoms with E-state index in [1.807, 2.05) is 12.1 Å². The molecule has 0 aliphatic carbocycles. The lowest BCUT2D eigenvalue weighted by atomic mass is 10.1. The number of hydrogen-bond acceptors (Lipinski definition) is 4. The molecule has 0 bridgehead atoms. The topological polar surface area (TPSA) is 66.6 Å². The molecule has 0 unspecified atom stereocenters. The van der Waals surface area contributed by atoms with E-state index in [-0.39, 0.29) is 11.3 Å². The Balaban J connectivity index is 2.05. The maximum atomic E-state index is 12.3. The van der Waals surface area contributed by atoms with Gasteiger partial charge in [-0.2, -0.15) is 4.31 Å². The van der Waals surface area contributed by atoms with Gasteiger partial charge < -0.3 is 5.73 Å². The quantitative estimate of drug-likeness (QED) is 0.858. The molecule has 1 aromatic carbocycles. The summed E-state index contributed by atoms with van der Waals surface area (Å²) < 4.78 is 26.2. The predicted octanol–water partition coefficient (Wildman–Crippen LogP) is 1.82. The van der Waals surface area contributed by atoms with Crippen LogP contribution in [0.25, 0.3) is 0 Å². The van der Waals surface area contributed by atoms with E-state index < -0.39 is 10.0 Å². The van der Waals surface area contributed by atoms with Crippen LogP contribution in [0.15, 0.2) is 18.2 Å². The van der Waals surface area contributed by atoms with Gasteiger partial charge >= 0.3 is 0 Å². The lowest BCUT2D eigenvalue weighted by Gasteiger charge is -2.40. The van der Waals surface area contributed by atoms with Crippen molar-refractivity contribution in [2.45, 2.75) is 45.5 Å². The molecule has 1 fully saturated rings. The summed E-state index contributed by atoms with van der Waals surface area (Å²) in [6, 6.07) is 6.18. The van der Waals surface area contributed by atoms with Crippen molar-refractivity contribution in [2.75, 3.05) is 25.4 Å². The molecular formula is C16H27N3O2S. The predicted molar refractivity (Wildman–Crippen MR) is 91.1 cm³/mol. The van der Waals surface area contributed by atoms with Crippen molar-refractivity contribution in [2.24, 2.45) is 0 Å². The van der Waals surface area contributed by atoms with Crippen molar-refractivity contribution in [3.8, 4) is 0 Å². The summed E-state index contributed by atoms with van der Waals surface area (Å²) in [4.78, 5) is 2.34. The van der Waals surface area contributed by atoms with Gasteiger partial charge in [0.15, 0.2) is 0 Å². The first-order valence-corrected chi connectivity index (χ1v) is 9.30. The average Bonchev–Trinajstić information content (AvgIpc) is 2.43. The van der Waals surface area contributed by atoms with Gasteiger partial charge in [-0.05, 0) is 51.0 Å². The third-order valence-electron chi connectivity index (χ3n) is 4.42. The van der Waals surface area contributed by atoms with Crippen LogP contribution < -0.4 is 5.73 Å². The van der Waals surface area contributed by atoms with Gasteiger partial charge in [-0.15, -0.1) is 0 Å². The minimum atomic E-state index is -3.15. The summed E-state index contributed by atoms with van der Waals surface area (Å²) in [5.41, 5.74) is 9.01. The molecule has 0 amide bonds. The standard InChI is InChI=1S/C16H27N3O2S/c1-12(2)22(20,21)19-8-7-18(14(4)10-19)11-15-5-6-16(17)9-13(15)3/h5-6,9,12,14H,7-8,10-11,17H2,1-4H3/t14-/m0/s1. The van der Waals surface area contributed by atoms with Crippen molar-refractivity contribution in [1.29, 1.82) is 0 Å². The highest BCUT2D eigenvalue weighted by Crippen LogP contribution is 2.20. The summed E-state index contributed by atoms with van der Waals surface area (Å²) in [5, 5.41) is -0.356. The Kier molecular flexibility index (Phi) is 5.14.